The topological polar surface area (TPSA) is 93.8 Å². The molecule has 7 heteroatoms. The molecule has 2 aromatic rings. The summed E-state index contributed by atoms with van der Waals surface area (Å²) >= 11 is 0. The molecular formula is C15H22N4O3. The largest absolute Gasteiger partial charge is 0.337 e. The Hall–Kier alpha value is -2.18. The zero-order valence-electron chi connectivity index (χ0n) is 13.0. The third kappa shape index (κ3) is 4.41. The molecule has 120 valence electrons. The Kier molecular flexibility index (Phi) is 5.68. The van der Waals surface area contributed by atoms with Gasteiger partial charge in [0, 0.05) is 18.2 Å². The Morgan fingerprint density at radius 3 is 2.86 bits per heavy atom. The number of rotatable bonds is 8. The van der Waals surface area contributed by atoms with Gasteiger partial charge in [0.25, 0.3) is 5.56 Å². The first-order chi connectivity index (χ1) is 10.6. The van der Waals surface area contributed by atoms with Crippen LogP contribution in [0.1, 0.15) is 63.6 Å². The highest BCUT2D eigenvalue weighted by molar-refractivity contribution is 4.95. The second-order valence-electron chi connectivity index (χ2n) is 5.53. The molecule has 1 atom stereocenters. The van der Waals surface area contributed by atoms with Crippen LogP contribution >= 0.6 is 0 Å². The Morgan fingerprint density at radius 1 is 1.32 bits per heavy atom. The van der Waals surface area contributed by atoms with Crippen LogP contribution in [0, 0.1) is 0 Å². The van der Waals surface area contributed by atoms with Crippen molar-refractivity contribution in [2.24, 2.45) is 0 Å². The summed E-state index contributed by atoms with van der Waals surface area (Å²) in [5.74, 6) is 1.27. The molecule has 1 unspecified atom stereocenters. The van der Waals surface area contributed by atoms with Gasteiger partial charge in [-0.2, -0.15) is 4.98 Å². The number of aromatic amines is 1. The summed E-state index contributed by atoms with van der Waals surface area (Å²) < 4.78 is 6.51. The Bertz CT molecular complexity index is 701. The maximum Gasteiger partial charge on any atom is 0.328 e. The van der Waals surface area contributed by atoms with Crippen molar-refractivity contribution in [2.45, 2.75) is 58.4 Å². The van der Waals surface area contributed by atoms with Crippen LogP contribution in [0.5, 0.6) is 0 Å². The van der Waals surface area contributed by atoms with E-state index in [1.54, 1.807) is 0 Å². The van der Waals surface area contributed by atoms with Gasteiger partial charge in [0.15, 0.2) is 5.82 Å². The molecule has 1 N–H and O–H groups in total. The molecule has 0 aliphatic rings. The van der Waals surface area contributed by atoms with Gasteiger partial charge < -0.3 is 4.52 Å². The minimum absolute atomic E-state index is 0.158. The van der Waals surface area contributed by atoms with Crippen molar-refractivity contribution < 1.29 is 4.52 Å². The molecule has 0 spiro atoms. The van der Waals surface area contributed by atoms with Gasteiger partial charge >= 0.3 is 5.69 Å². The summed E-state index contributed by atoms with van der Waals surface area (Å²) in [6.07, 6.45) is 7.28. The molecule has 2 aromatic heterocycles. The molecule has 7 nitrogen and oxygen atoms in total. The lowest BCUT2D eigenvalue weighted by Gasteiger charge is -2.05. The second-order valence-corrected chi connectivity index (χ2v) is 5.53. The van der Waals surface area contributed by atoms with E-state index in [0.717, 1.165) is 12.8 Å². The fourth-order valence-electron chi connectivity index (χ4n) is 2.25. The van der Waals surface area contributed by atoms with Gasteiger partial charge in [-0.3, -0.25) is 14.3 Å². The highest BCUT2D eigenvalue weighted by Gasteiger charge is 2.14. The maximum absolute atomic E-state index is 11.6. The summed E-state index contributed by atoms with van der Waals surface area (Å²) in [7, 11) is 0. The summed E-state index contributed by atoms with van der Waals surface area (Å²) in [6.45, 7) is 4.42. The minimum atomic E-state index is -0.486. The predicted molar refractivity (Wildman–Crippen MR) is 81.9 cm³/mol. The SMILES string of the molecule is CCCCCCC(C)c1noc(Cn2ccc(=O)[nH]c2=O)n1. The fraction of sp³-hybridized carbons (Fsp3) is 0.600. The van der Waals surface area contributed by atoms with E-state index in [0.29, 0.717) is 11.7 Å². The Morgan fingerprint density at radius 2 is 2.14 bits per heavy atom. The molecule has 0 saturated heterocycles. The Balaban J connectivity index is 1.96. The number of nitrogens with one attached hydrogen (secondary N) is 1. The van der Waals surface area contributed by atoms with Crippen LogP contribution < -0.4 is 11.2 Å². The fourth-order valence-corrected chi connectivity index (χ4v) is 2.25. The van der Waals surface area contributed by atoms with Crippen LogP contribution in [0.25, 0.3) is 0 Å². The van der Waals surface area contributed by atoms with E-state index in [2.05, 4.69) is 29.0 Å². The summed E-state index contributed by atoms with van der Waals surface area (Å²) in [5.41, 5.74) is -0.909. The number of hydrogen-bond donors (Lipinski definition) is 1. The lowest BCUT2D eigenvalue weighted by Crippen LogP contribution is -2.28. The summed E-state index contributed by atoms with van der Waals surface area (Å²) in [4.78, 5) is 29.1. The van der Waals surface area contributed by atoms with Crippen LogP contribution in [-0.2, 0) is 6.54 Å². The van der Waals surface area contributed by atoms with Crippen LogP contribution in [0.3, 0.4) is 0 Å². The van der Waals surface area contributed by atoms with E-state index >= 15 is 0 Å². The Labute approximate surface area is 128 Å². The van der Waals surface area contributed by atoms with Crippen molar-refractivity contribution in [2.75, 3.05) is 0 Å². The van der Waals surface area contributed by atoms with Crippen molar-refractivity contribution in [1.29, 1.82) is 0 Å². The normalized spacial score (nSPS) is 12.5. The molecule has 2 heterocycles. The predicted octanol–water partition coefficient (Wildman–Crippen LogP) is 2.04. The molecule has 0 aliphatic heterocycles. The molecule has 0 aromatic carbocycles. The smallest absolute Gasteiger partial charge is 0.328 e. The van der Waals surface area contributed by atoms with E-state index in [1.807, 2.05) is 0 Å². The number of unbranched alkanes of at least 4 members (excludes halogenated alkanes) is 3. The van der Waals surface area contributed by atoms with Crippen molar-refractivity contribution in [3.05, 3.63) is 44.8 Å². The van der Waals surface area contributed by atoms with Gasteiger partial charge in [-0.1, -0.05) is 44.7 Å². The van der Waals surface area contributed by atoms with Gasteiger partial charge in [-0.15, -0.1) is 0 Å². The maximum atomic E-state index is 11.6. The first kappa shape index (κ1) is 16.2. The second kappa shape index (κ2) is 7.72. The number of nitrogens with zero attached hydrogens (tertiary/aromatic N) is 3. The van der Waals surface area contributed by atoms with Crippen molar-refractivity contribution in [3.8, 4) is 0 Å². The van der Waals surface area contributed by atoms with Crippen LogP contribution in [0.2, 0.25) is 0 Å². The highest BCUT2D eigenvalue weighted by atomic mass is 16.5. The average Bonchev–Trinajstić information content (AvgIpc) is 2.95. The van der Waals surface area contributed by atoms with Gasteiger partial charge in [0.1, 0.15) is 6.54 Å². The van der Waals surface area contributed by atoms with E-state index in [4.69, 9.17) is 4.52 Å². The lowest BCUT2D eigenvalue weighted by molar-refractivity contribution is 0.360. The van der Waals surface area contributed by atoms with Crippen LogP contribution in [-0.4, -0.2) is 19.7 Å². The highest BCUT2D eigenvalue weighted by Crippen LogP contribution is 2.19. The van der Waals surface area contributed by atoms with Crippen molar-refractivity contribution in [1.82, 2.24) is 19.7 Å². The van der Waals surface area contributed by atoms with Gasteiger partial charge in [-0.05, 0) is 6.42 Å². The minimum Gasteiger partial charge on any atom is -0.337 e. The van der Waals surface area contributed by atoms with E-state index in [-0.39, 0.29) is 12.5 Å². The van der Waals surface area contributed by atoms with Crippen LogP contribution in [0.4, 0.5) is 0 Å². The van der Waals surface area contributed by atoms with Crippen molar-refractivity contribution >= 4 is 0 Å². The number of hydrogen-bond acceptors (Lipinski definition) is 5. The van der Waals surface area contributed by atoms with Gasteiger partial charge in [0.2, 0.25) is 5.89 Å². The van der Waals surface area contributed by atoms with Crippen LogP contribution in [0.15, 0.2) is 26.4 Å². The van der Waals surface area contributed by atoms with E-state index < -0.39 is 11.2 Å². The quantitative estimate of drug-likeness (QED) is 0.753. The molecule has 0 saturated carbocycles. The average molecular weight is 306 g/mol. The molecular weight excluding hydrogens is 284 g/mol. The third-order valence-electron chi connectivity index (χ3n) is 3.62. The first-order valence-corrected chi connectivity index (χ1v) is 7.72. The number of H-pyrrole nitrogens is 1. The van der Waals surface area contributed by atoms with E-state index in [9.17, 15) is 9.59 Å². The van der Waals surface area contributed by atoms with Gasteiger partial charge in [0.05, 0.1) is 0 Å². The first-order valence-electron chi connectivity index (χ1n) is 7.72. The molecule has 2 rings (SSSR count). The molecule has 0 amide bonds. The van der Waals surface area contributed by atoms with Crippen molar-refractivity contribution in [3.63, 3.8) is 0 Å². The molecule has 22 heavy (non-hydrogen) atoms. The summed E-state index contributed by atoms with van der Waals surface area (Å²) in [5, 5.41) is 3.98. The standard InChI is InChI=1S/C15H22N4O3/c1-3-4-5-6-7-11(2)14-17-13(22-18-14)10-19-9-8-12(20)16-15(19)21/h8-9,11H,3-7,10H2,1-2H3,(H,16,20,21). The van der Waals surface area contributed by atoms with E-state index in [1.165, 1.54) is 36.1 Å². The third-order valence-corrected chi connectivity index (χ3v) is 3.62. The monoisotopic (exact) mass is 306 g/mol. The zero-order chi connectivity index (χ0) is 15.9. The van der Waals surface area contributed by atoms with Gasteiger partial charge in [-0.25, -0.2) is 4.79 Å². The number of aromatic nitrogens is 4. The molecule has 0 bridgehead atoms. The molecule has 0 aliphatic carbocycles. The molecule has 0 radical (unpaired) electrons. The summed E-state index contributed by atoms with van der Waals surface area (Å²) in [6, 6.07) is 1.29. The molecule has 0 fully saturated rings. The zero-order valence-corrected chi connectivity index (χ0v) is 13.0. The lowest BCUT2D eigenvalue weighted by atomic mass is 10.0.